The van der Waals surface area contributed by atoms with Crippen LogP contribution >= 0.6 is 27.7 Å². The van der Waals surface area contributed by atoms with Gasteiger partial charge in [-0.15, -0.1) is 0 Å². The number of carbonyl (C=O) groups excluding carboxylic acids is 2. The van der Waals surface area contributed by atoms with E-state index < -0.39 is 11.1 Å². The van der Waals surface area contributed by atoms with Gasteiger partial charge in [0.25, 0.3) is 11.1 Å². The predicted molar refractivity (Wildman–Crippen MR) is 143 cm³/mol. The van der Waals surface area contributed by atoms with E-state index in [9.17, 15) is 20.1 Å². The second-order valence-corrected chi connectivity index (χ2v) is 9.70. The quantitative estimate of drug-likeness (QED) is 0.287. The first kappa shape index (κ1) is 26.0. The summed E-state index contributed by atoms with van der Waals surface area (Å²) in [6.45, 7) is 2.44. The first-order chi connectivity index (χ1) is 17.9. The summed E-state index contributed by atoms with van der Waals surface area (Å²) in [5.74, 6) is 0.509. The molecule has 1 heterocycles. The van der Waals surface area contributed by atoms with E-state index in [1.807, 2.05) is 19.1 Å². The molecule has 1 aliphatic rings. The maximum Gasteiger partial charge on any atom is 0.293 e. The average Bonchev–Trinajstić information content (AvgIpc) is 3.17. The van der Waals surface area contributed by atoms with E-state index in [2.05, 4.69) is 28.1 Å². The zero-order valence-electron chi connectivity index (χ0n) is 19.7. The molecule has 0 aliphatic carbocycles. The van der Waals surface area contributed by atoms with Crippen LogP contribution in [0.1, 0.15) is 34.7 Å². The standard InChI is InChI=1S/C28H20BrN3O4S/c1-2-35-24-11-22(23(29)13-25(24)36-17-21-10-6-4-8-19(21)15-31)12-26-27(33)32(28(34)37-26)16-20-9-5-3-7-18(20)14-30/h3-13H,2,16-17H2,1H3/b26-12+. The van der Waals surface area contributed by atoms with Crippen LogP contribution in [0.5, 0.6) is 11.5 Å². The third kappa shape index (κ3) is 5.86. The number of ether oxygens (including phenoxy) is 2. The average molecular weight is 574 g/mol. The molecule has 0 aromatic heterocycles. The van der Waals surface area contributed by atoms with Crippen molar-refractivity contribution in [1.29, 1.82) is 10.5 Å². The van der Waals surface area contributed by atoms with Crippen LogP contribution in [0.4, 0.5) is 4.79 Å². The van der Waals surface area contributed by atoms with Gasteiger partial charge in [0, 0.05) is 10.0 Å². The smallest absolute Gasteiger partial charge is 0.293 e. The van der Waals surface area contributed by atoms with Crippen molar-refractivity contribution in [3.05, 3.63) is 97.9 Å². The molecule has 184 valence electrons. The summed E-state index contributed by atoms with van der Waals surface area (Å²) in [5, 5.41) is 18.2. The number of hydrogen-bond acceptors (Lipinski definition) is 7. The number of carbonyl (C=O) groups is 2. The fourth-order valence-corrected chi connectivity index (χ4v) is 4.93. The summed E-state index contributed by atoms with van der Waals surface area (Å²) < 4.78 is 12.4. The summed E-state index contributed by atoms with van der Waals surface area (Å²) in [5.41, 5.74) is 2.94. The van der Waals surface area contributed by atoms with E-state index in [-0.39, 0.29) is 18.1 Å². The van der Waals surface area contributed by atoms with Crippen molar-refractivity contribution in [2.45, 2.75) is 20.1 Å². The molecule has 3 aromatic carbocycles. The summed E-state index contributed by atoms with van der Waals surface area (Å²) in [4.78, 5) is 27.1. The topological polar surface area (TPSA) is 103 Å². The largest absolute Gasteiger partial charge is 0.490 e. The van der Waals surface area contributed by atoms with E-state index in [0.29, 0.717) is 44.8 Å². The lowest BCUT2D eigenvalue weighted by Crippen LogP contribution is -2.27. The van der Waals surface area contributed by atoms with E-state index in [1.54, 1.807) is 54.6 Å². The minimum absolute atomic E-state index is 0.0219. The molecule has 37 heavy (non-hydrogen) atoms. The highest BCUT2D eigenvalue weighted by Crippen LogP contribution is 2.39. The van der Waals surface area contributed by atoms with E-state index in [1.165, 1.54) is 0 Å². The third-order valence-electron chi connectivity index (χ3n) is 5.51. The number of amides is 2. The highest BCUT2D eigenvalue weighted by molar-refractivity contribution is 9.10. The van der Waals surface area contributed by atoms with Crippen LogP contribution in [-0.4, -0.2) is 22.7 Å². The second-order valence-electron chi connectivity index (χ2n) is 7.85. The van der Waals surface area contributed by atoms with Crippen molar-refractivity contribution in [1.82, 2.24) is 4.90 Å². The molecule has 0 saturated carbocycles. The van der Waals surface area contributed by atoms with Crippen LogP contribution in [0, 0.1) is 22.7 Å². The molecule has 3 aromatic rings. The molecule has 1 saturated heterocycles. The maximum absolute atomic E-state index is 13.1. The Bertz CT molecular complexity index is 1490. The second kappa shape index (κ2) is 11.8. The Morgan fingerprint density at radius 2 is 1.57 bits per heavy atom. The van der Waals surface area contributed by atoms with Crippen molar-refractivity contribution in [2.75, 3.05) is 6.61 Å². The van der Waals surface area contributed by atoms with Gasteiger partial charge in [0.15, 0.2) is 11.5 Å². The molecule has 0 radical (unpaired) electrons. The molecule has 0 bridgehead atoms. The van der Waals surface area contributed by atoms with Crippen LogP contribution in [0.3, 0.4) is 0 Å². The van der Waals surface area contributed by atoms with Gasteiger partial charge in [-0.1, -0.05) is 52.3 Å². The number of hydrogen-bond donors (Lipinski definition) is 0. The van der Waals surface area contributed by atoms with Crippen LogP contribution < -0.4 is 9.47 Å². The van der Waals surface area contributed by atoms with E-state index >= 15 is 0 Å². The van der Waals surface area contributed by atoms with Crippen molar-refractivity contribution in [3.63, 3.8) is 0 Å². The Labute approximate surface area is 227 Å². The van der Waals surface area contributed by atoms with Crippen LogP contribution in [0.15, 0.2) is 70.0 Å². The molecule has 1 fully saturated rings. The Morgan fingerprint density at radius 1 is 0.946 bits per heavy atom. The fourth-order valence-electron chi connectivity index (χ4n) is 3.67. The van der Waals surface area contributed by atoms with Gasteiger partial charge in [-0.05, 0) is 60.2 Å². The molecule has 0 atom stereocenters. The fraction of sp³-hybridized carbons (Fsp3) is 0.143. The van der Waals surface area contributed by atoms with Crippen molar-refractivity contribution >= 4 is 44.9 Å². The molecule has 4 rings (SSSR count). The molecule has 2 amide bonds. The highest BCUT2D eigenvalue weighted by atomic mass is 79.9. The van der Waals surface area contributed by atoms with Gasteiger partial charge in [0.2, 0.25) is 0 Å². The zero-order chi connectivity index (χ0) is 26.4. The number of rotatable bonds is 8. The number of imide groups is 1. The van der Waals surface area contributed by atoms with Crippen molar-refractivity contribution < 1.29 is 19.1 Å². The summed E-state index contributed by atoms with van der Waals surface area (Å²) >= 11 is 4.37. The molecule has 0 spiro atoms. The molecule has 9 heteroatoms. The Balaban J connectivity index is 1.58. The maximum atomic E-state index is 13.1. The van der Waals surface area contributed by atoms with E-state index in [4.69, 9.17) is 9.47 Å². The number of nitrogens with zero attached hydrogens (tertiary/aromatic N) is 3. The summed E-state index contributed by atoms with van der Waals surface area (Å²) in [6.07, 6.45) is 1.63. The number of nitriles is 2. The lowest BCUT2D eigenvalue weighted by molar-refractivity contribution is -0.123. The molecular weight excluding hydrogens is 554 g/mol. The number of thioether (sulfide) groups is 1. The van der Waals surface area contributed by atoms with Gasteiger partial charge in [-0.25, -0.2) is 0 Å². The normalized spacial score (nSPS) is 13.9. The van der Waals surface area contributed by atoms with Crippen LogP contribution in [-0.2, 0) is 17.9 Å². The molecule has 0 unspecified atom stereocenters. The Hall–Kier alpha value is -4.05. The van der Waals surface area contributed by atoms with E-state index in [0.717, 1.165) is 22.2 Å². The van der Waals surface area contributed by atoms with Gasteiger partial charge >= 0.3 is 0 Å². The zero-order valence-corrected chi connectivity index (χ0v) is 22.1. The molecule has 1 aliphatic heterocycles. The van der Waals surface area contributed by atoms with Gasteiger partial charge in [-0.3, -0.25) is 14.5 Å². The van der Waals surface area contributed by atoms with Gasteiger partial charge < -0.3 is 9.47 Å². The SMILES string of the molecule is CCOc1cc(/C=C2/SC(=O)N(Cc3ccccc3C#N)C2=O)c(Br)cc1OCc1ccccc1C#N. The van der Waals surface area contributed by atoms with Gasteiger partial charge in [0.1, 0.15) is 6.61 Å². The van der Waals surface area contributed by atoms with Crippen molar-refractivity contribution in [3.8, 4) is 23.6 Å². The molecule has 7 nitrogen and oxygen atoms in total. The van der Waals surface area contributed by atoms with Crippen LogP contribution in [0.25, 0.3) is 6.08 Å². The van der Waals surface area contributed by atoms with Crippen LogP contribution in [0.2, 0.25) is 0 Å². The minimum atomic E-state index is -0.430. The lowest BCUT2D eigenvalue weighted by atomic mass is 10.1. The summed E-state index contributed by atoms with van der Waals surface area (Å²) in [6, 6.07) is 21.8. The first-order valence-corrected chi connectivity index (χ1v) is 12.9. The molecule has 0 N–H and O–H groups in total. The minimum Gasteiger partial charge on any atom is -0.490 e. The number of benzene rings is 3. The van der Waals surface area contributed by atoms with Gasteiger partial charge in [0.05, 0.1) is 41.3 Å². The number of halogens is 1. The predicted octanol–water partition coefficient (Wildman–Crippen LogP) is 6.41. The third-order valence-corrected chi connectivity index (χ3v) is 7.10. The molecular formula is C28H20BrN3O4S. The highest BCUT2D eigenvalue weighted by Gasteiger charge is 2.35. The van der Waals surface area contributed by atoms with Gasteiger partial charge in [-0.2, -0.15) is 10.5 Å². The lowest BCUT2D eigenvalue weighted by Gasteiger charge is -2.15. The Morgan fingerprint density at radius 3 is 2.24 bits per heavy atom. The monoisotopic (exact) mass is 573 g/mol. The Kier molecular flexibility index (Phi) is 8.29. The summed E-state index contributed by atoms with van der Waals surface area (Å²) in [7, 11) is 0. The van der Waals surface area contributed by atoms with Crippen molar-refractivity contribution in [2.24, 2.45) is 0 Å². The first-order valence-electron chi connectivity index (χ1n) is 11.3.